The van der Waals surface area contributed by atoms with E-state index in [-0.39, 0.29) is 6.42 Å². The summed E-state index contributed by atoms with van der Waals surface area (Å²) in [5.41, 5.74) is 0. The number of rotatable bonds is 4. The van der Waals surface area contributed by atoms with Gasteiger partial charge in [-0.3, -0.25) is 4.90 Å². The predicted molar refractivity (Wildman–Crippen MR) is 69.2 cm³/mol. The maximum Gasteiger partial charge on any atom is 0.404 e. The van der Waals surface area contributed by atoms with Crippen molar-refractivity contribution in [1.82, 2.24) is 14.7 Å². The van der Waals surface area contributed by atoms with Gasteiger partial charge in [-0.15, -0.1) is 0 Å². The molecule has 6 heteroatoms. The lowest BCUT2D eigenvalue weighted by Gasteiger charge is -2.30. The van der Waals surface area contributed by atoms with Crippen molar-refractivity contribution in [3.05, 3.63) is 0 Å². The molecule has 3 nitrogen and oxygen atoms in total. The number of hydrogen-bond acceptors (Lipinski definition) is 3. The molecule has 2 fully saturated rings. The lowest BCUT2D eigenvalue weighted by atomic mass is 10.2. The minimum atomic E-state index is -4.07. The fraction of sp³-hybridized carbons (Fsp3) is 1.00. The van der Waals surface area contributed by atoms with Crippen LogP contribution in [0.1, 0.15) is 19.3 Å². The van der Waals surface area contributed by atoms with Gasteiger partial charge in [0, 0.05) is 25.7 Å². The molecule has 0 spiro atoms. The molecule has 0 unspecified atom stereocenters. The summed E-state index contributed by atoms with van der Waals surface area (Å²) >= 11 is 0. The SMILES string of the molecule is CN1CC[C@@H](N(C)CCN2CCC[C@H]2C(F)(F)F)C1. The van der Waals surface area contributed by atoms with E-state index in [1.807, 2.05) is 7.05 Å². The summed E-state index contributed by atoms with van der Waals surface area (Å²) in [6, 6.07) is -0.718. The maximum absolute atomic E-state index is 12.8. The van der Waals surface area contributed by atoms with Crippen LogP contribution in [-0.2, 0) is 0 Å². The minimum absolute atomic E-state index is 0.263. The third kappa shape index (κ3) is 3.83. The van der Waals surface area contributed by atoms with Crippen LogP contribution in [0.15, 0.2) is 0 Å². The van der Waals surface area contributed by atoms with Crippen LogP contribution in [0.2, 0.25) is 0 Å². The Morgan fingerprint density at radius 3 is 2.53 bits per heavy atom. The van der Waals surface area contributed by atoms with E-state index < -0.39 is 12.2 Å². The quantitative estimate of drug-likeness (QED) is 0.775. The van der Waals surface area contributed by atoms with Gasteiger partial charge in [0.15, 0.2) is 0 Å². The highest BCUT2D eigenvalue weighted by atomic mass is 19.4. The first-order valence-corrected chi connectivity index (χ1v) is 7.07. The van der Waals surface area contributed by atoms with Crippen molar-refractivity contribution in [3.8, 4) is 0 Å². The molecule has 0 aliphatic carbocycles. The molecule has 2 heterocycles. The zero-order valence-electron chi connectivity index (χ0n) is 11.8. The molecule has 19 heavy (non-hydrogen) atoms. The highest BCUT2D eigenvalue weighted by Crippen LogP contribution is 2.32. The second kappa shape index (κ2) is 5.97. The van der Waals surface area contributed by atoms with E-state index in [9.17, 15) is 13.2 Å². The van der Waals surface area contributed by atoms with Gasteiger partial charge in [0.2, 0.25) is 0 Å². The standard InChI is InChI=1S/C13H24F3N3/c1-17-7-5-11(10-17)18(2)8-9-19-6-3-4-12(19)13(14,15)16/h11-12H,3-10H2,1-2H3/t11-,12+/m1/s1. The Morgan fingerprint density at radius 2 is 1.95 bits per heavy atom. The van der Waals surface area contributed by atoms with Gasteiger partial charge in [-0.1, -0.05) is 0 Å². The molecule has 2 rings (SSSR count). The van der Waals surface area contributed by atoms with E-state index in [1.54, 1.807) is 4.90 Å². The van der Waals surface area contributed by atoms with E-state index in [2.05, 4.69) is 16.8 Å². The molecule has 0 amide bonds. The molecule has 0 bridgehead atoms. The summed E-state index contributed by atoms with van der Waals surface area (Å²) in [7, 11) is 4.12. The molecule has 112 valence electrons. The lowest BCUT2D eigenvalue weighted by Crippen LogP contribution is -2.45. The summed E-state index contributed by atoms with van der Waals surface area (Å²) in [4.78, 5) is 6.10. The highest BCUT2D eigenvalue weighted by molar-refractivity contribution is 4.86. The summed E-state index contributed by atoms with van der Waals surface area (Å²) in [6.07, 6.45) is -2.02. The Bertz CT molecular complexity index is 295. The third-order valence-corrected chi connectivity index (χ3v) is 4.47. The van der Waals surface area contributed by atoms with E-state index in [0.29, 0.717) is 25.6 Å². The van der Waals surface area contributed by atoms with Crippen LogP contribution < -0.4 is 0 Å². The van der Waals surface area contributed by atoms with Crippen LogP contribution in [0.25, 0.3) is 0 Å². The van der Waals surface area contributed by atoms with Crippen LogP contribution >= 0.6 is 0 Å². The molecular weight excluding hydrogens is 255 g/mol. The van der Waals surface area contributed by atoms with Crippen LogP contribution in [0.4, 0.5) is 13.2 Å². The van der Waals surface area contributed by atoms with Gasteiger partial charge in [-0.25, -0.2) is 0 Å². The Hall–Kier alpha value is -0.330. The number of likely N-dealkylation sites (N-methyl/N-ethyl adjacent to an activating group) is 2. The molecule has 0 aromatic carbocycles. The van der Waals surface area contributed by atoms with Gasteiger partial charge in [0.25, 0.3) is 0 Å². The molecule has 0 aromatic rings. The second-order valence-corrected chi connectivity index (χ2v) is 5.92. The smallest absolute Gasteiger partial charge is 0.305 e. The topological polar surface area (TPSA) is 9.72 Å². The number of hydrogen-bond donors (Lipinski definition) is 0. The zero-order valence-corrected chi connectivity index (χ0v) is 11.8. The average molecular weight is 279 g/mol. The van der Waals surface area contributed by atoms with Gasteiger partial charge in [-0.2, -0.15) is 13.2 Å². The largest absolute Gasteiger partial charge is 0.404 e. The fourth-order valence-corrected chi connectivity index (χ4v) is 3.20. The predicted octanol–water partition coefficient (Wildman–Crippen LogP) is 1.65. The van der Waals surface area contributed by atoms with Gasteiger partial charge < -0.3 is 9.80 Å². The number of likely N-dealkylation sites (tertiary alicyclic amines) is 2. The summed E-state index contributed by atoms with van der Waals surface area (Å²) in [5, 5.41) is 0. The molecule has 0 radical (unpaired) electrons. The van der Waals surface area contributed by atoms with Crippen LogP contribution in [0.5, 0.6) is 0 Å². The van der Waals surface area contributed by atoms with Gasteiger partial charge >= 0.3 is 6.18 Å². The molecule has 2 aliphatic rings. The first kappa shape index (κ1) is 15.1. The van der Waals surface area contributed by atoms with E-state index in [0.717, 1.165) is 26.1 Å². The van der Waals surface area contributed by atoms with E-state index in [4.69, 9.17) is 0 Å². The fourth-order valence-electron chi connectivity index (χ4n) is 3.20. The number of alkyl halides is 3. The maximum atomic E-state index is 12.8. The normalized spacial score (nSPS) is 30.6. The highest BCUT2D eigenvalue weighted by Gasteiger charge is 2.45. The van der Waals surface area contributed by atoms with Crippen molar-refractivity contribution < 1.29 is 13.2 Å². The van der Waals surface area contributed by atoms with Crippen molar-refractivity contribution in [1.29, 1.82) is 0 Å². The number of halogens is 3. The first-order chi connectivity index (χ1) is 8.88. The van der Waals surface area contributed by atoms with E-state index >= 15 is 0 Å². The van der Waals surface area contributed by atoms with Gasteiger partial charge in [0.1, 0.15) is 6.04 Å². The van der Waals surface area contributed by atoms with Crippen LogP contribution in [0.3, 0.4) is 0 Å². The molecular formula is C13H24F3N3. The first-order valence-electron chi connectivity index (χ1n) is 7.07. The van der Waals surface area contributed by atoms with Crippen LogP contribution in [0, 0.1) is 0 Å². The van der Waals surface area contributed by atoms with Crippen molar-refractivity contribution >= 4 is 0 Å². The zero-order chi connectivity index (χ0) is 14.0. The summed E-state index contributed by atoms with van der Waals surface area (Å²) in [5.74, 6) is 0. The Balaban J connectivity index is 1.78. The molecule has 0 aromatic heterocycles. The van der Waals surface area contributed by atoms with Crippen molar-refractivity contribution in [2.24, 2.45) is 0 Å². The molecule has 0 N–H and O–H groups in total. The molecule has 0 saturated carbocycles. The second-order valence-electron chi connectivity index (χ2n) is 5.92. The minimum Gasteiger partial charge on any atom is -0.305 e. The lowest BCUT2D eigenvalue weighted by molar-refractivity contribution is -0.176. The molecule has 2 atom stereocenters. The summed E-state index contributed by atoms with van der Waals surface area (Å²) in [6.45, 7) is 3.96. The summed E-state index contributed by atoms with van der Waals surface area (Å²) < 4.78 is 38.5. The Morgan fingerprint density at radius 1 is 1.21 bits per heavy atom. The van der Waals surface area contributed by atoms with Gasteiger partial charge in [0.05, 0.1) is 0 Å². The van der Waals surface area contributed by atoms with Crippen molar-refractivity contribution in [2.75, 3.05) is 46.8 Å². The van der Waals surface area contributed by atoms with E-state index in [1.165, 1.54) is 0 Å². The van der Waals surface area contributed by atoms with Crippen LogP contribution in [-0.4, -0.2) is 79.8 Å². The molecule has 2 aliphatic heterocycles. The van der Waals surface area contributed by atoms with Crippen molar-refractivity contribution in [3.63, 3.8) is 0 Å². The Labute approximate surface area is 113 Å². The molecule has 2 saturated heterocycles. The Kier molecular flexibility index (Phi) is 4.74. The average Bonchev–Trinajstić information content (AvgIpc) is 2.93. The third-order valence-electron chi connectivity index (χ3n) is 4.47. The number of nitrogens with zero attached hydrogens (tertiary/aromatic N) is 3. The van der Waals surface area contributed by atoms with Gasteiger partial charge in [-0.05, 0) is 46.4 Å². The monoisotopic (exact) mass is 279 g/mol. The van der Waals surface area contributed by atoms with Crippen molar-refractivity contribution in [2.45, 2.75) is 37.5 Å².